The highest BCUT2D eigenvalue weighted by Crippen LogP contribution is 2.35. The van der Waals surface area contributed by atoms with Crippen molar-refractivity contribution >= 4 is 17.0 Å². The molecule has 0 unspecified atom stereocenters. The minimum Gasteiger partial charge on any atom is -0.455 e. The summed E-state index contributed by atoms with van der Waals surface area (Å²) in [5.41, 5.74) is 4.45. The van der Waals surface area contributed by atoms with Crippen LogP contribution in [0.25, 0.3) is 28.4 Å². The van der Waals surface area contributed by atoms with Gasteiger partial charge in [0.05, 0.1) is 0 Å². The van der Waals surface area contributed by atoms with Gasteiger partial charge in [0.25, 0.3) is 0 Å². The maximum absolute atomic E-state index is 6.10. The molecule has 1 heterocycles. The Labute approximate surface area is 131 Å². The minimum absolute atomic E-state index is 0.532. The van der Waals surface area contributed by atoms with Gasteiger partial charge < -0.3 is 4.42 Å². The van der Waals surface area contributed by atoms with Gasteiger partial charge in [0.2, 0.25) is 0 Å². The number of hydrogen-bond donors (Lipinski definition) is 0. The highest BCUT2D eigenvalue weighted by molar-refractivity contribution is 5.94. The van der Waals surface area contributed by atoms with Crippen molar-refractivity contribution in [2.75, 3.05) is 0 Å². The van der Waals surface area contributed by atoms with Gasteiger partial charge in [0, 0.05) is 16.5 Å². The molecule has 0 aliphatic carbocycles. The fourth-order valence-corrected chi connectivity index (χ4v) is 2.63. The number of fused-ring (bicyclic) bond motifs is 1. The quantitative estimate of drug-likeness (QED) is 0.505. The number of hydrogen-bond acceptors (Lipinski definition) is 1. The molecule has 0 fully saturated rings. The third kappa shape index (κ3) is 2.62. The van der Waals surface area contributed by atoms with Gasteiger partial charge in [-0.1, -0.05) is 81.1 Å². The van der Waals surface area contributed by atoms with E-state index in [1.807, 2.05) is 24.3 Å². The Morgan fingerprint density at radius 2 is 1.73 bits per heavy atom. The van der Waals surface area contributed by atoms with E-state index >= 15 is 0 Å². The van der Waals surface area contributed by atoms with E-state index in [1.54, 1.807) is 6.08 Å². The number of allylic oxidation sites excluding steroid dienone is 2. The van der Waals surface area contributed by atoms with Crippen molar-refractivity contribution in [2.45, 2.75) is 19.8 Å². The van der Waals surface area contributed by atoms with E-state index in [0.717, 1.165) is 27.9 Å². The number of benzene rings is 2. The van der Waals surface area contributed by atoms with Gasteiger partial charge in [-0.25, -0.2) is 0 Å². The molecule has 1 nitrogen and oxygen atoms in total. The van der Waals surface area contributed by atoms with Crippen molar-refractivity contribution in [2.24, 2.45) is 0 Å². The first kappa shape index (κ1) is 14.4. The van der Waals surface area contributed by atoms with Crippen LogP contribution in [-0.2, 0) is 0 Å². The summed E-state index contributed by atoms with van der Waals surface area (Å²) in [6.07, 6.45) is 5.79. The first-order valence-electron chi connectivity index (χ1n) is 7.61. The molecule has 0 spiro atoms. The van der Waals surface area contributed by atoms with Gasteiger partial charge in [-0.2, -0.15) is 0 Å². The Kier molecular flexibility index (Phi) is 3.97. The van der Waals surface area contributed by atoms with Crippen LogP contribution in [0.2, 0.25) is 0 Å². The SMILES string of the molecule is C=C/C=C\c1c(-c2ccc(C(C)C)cc2)oc2ccccc12. The molecule has 3 rings (SSSR count). The predicted octanol–water partition coefficient (Wildman–Crippen LogP) is 6.42. The van der Waals surface area contributed by atoms with Crippen molar-refractivity contribution in [1.29, 1.82) is 0 Å². The van der Waals surface area contributed by atoms with Gasteiger partial charge in [-0.3, -0.25) is 0 Å². The summed E-state index contributed by atoms with van der Waals surface area (Å²) >= 11 is 0. The molecule has 0 atom stereocenters. The smallest absolute Gasteiger partial charge is 0.142 e. The average Bonchev–Trinajstić information content (AvgIpc) is 2.91. The second-order valence-corrected chi connectivity index (χ2v) is 5.71. The number of rotatable bonds is 4. The minimum atomic E-state index is 0.532. The van der Waals surface area contributed by atoms with Crippen molar-refractivity contribution in [1.82, 2.24) is 0 Å². The fraction of sp³-hybridized carbons (Fsp3) is 0.143. The van der Waals surface area contributed by atoms with Gasteiger partial charge >= 0.3 is 0 Å². The predicted molar refractivity (Wildman–Crippen MR) is 95.0 cm³/mol. The summed E-state index contributed by atoms with van der Waals surface area (Å²) in [6.45, 7) is 8.16. The summed E-state index contributed by atoms with van der Waals surface area (Å²) in [5, 5.41) is 1.13. The van der Waals surface area contributed by atoms with E-state index in [0.29, 0.717) is 5.92 Å². The van der Waals surface area contributed by atoms with E-state index in [2.05, 4.69) is 56.8 Å². The molecule has 110 valence electrons. The van der Waals surface area contributed by atoms with Crippen LogP contribution in [0, 0.1) is 0 Å². The van der Waals surface area contributed by atoms with E-state index in [9.17, 15) is 0 Å². The molecular weight excluding hydrogens is 268 g/mol. The lowest BCUT2D eigenvalue weighted by atomic mass is 9.99. The van der Waals surface area contributed by atoms with Crippen LogP contribution >= 0.6 is 0 Å². The molecule has 2 aromatic carbocycles. The zero-order valence-corrected chi connectivity index (χ0v) is 13.0. The maximum atomic E-state index is 6.10. The molecule has 0 N–H and O–H groups in total. The lowest BCUT2D eigenvalue weighted by Gasteiger charge is -2.06. The van der Waals surface area contributed by atoms with Crippen LogP contribution in [0.4, 0.5) is 0 Å². The largest absolute Gasteiger partial charge is 0.455 e. The molecule has 1 heteroatoms. The zero-order valence-electron chi connectivity index (χ0n) is 13.0. The summed E-state index contributed by atoms with van der Waals surface area (Å²) in [6, 6.07) is 16.8. The first-order valence-corrected chi connectivity index (χ1v) is 7.61. The van der Waals surface area contributed by atoms with Gasteiger partial charge in [-0.05, 0) is 17.5 Å². The summed E-state index contributed by atoms with van der Waals surface area (Å²) < 4.78 is 6.10. The summed E-state index contributed by atoms with van der Waals surface area (Å²) in [7, 11) is 0. The van der Waals surface area contributed by atoms with Crippen molar-refractivity contribution < 1.29 is 4.42 Å². The van der Waals surface area contributed by atoms with Gasteiger partial charge in [0.15, 0.2) is 0 Å². The molecule has 0 saturated heterocycles. The number of furan rings is 1. The molecule has 0 aliphatic rings. The van der Waals surface area contributed by atoms with E-state index < -0.39 is 0 Å². The summed E-state index contributed by atoms with van der Waals surface area (Å²) in [4.78, 5) is 0. The van der Waals surface area contributed by atoms with Crippen molar-refractivity contribution in [3.63, 3.8) is 0 Å². The highest BCUT2D eigenvalue weighted by atomic mass is 16.3. The van der Waals surface area contributed by atoms with Crippen LogP contribution in [0.1, 0.15) is 30.9 Å². The molecule has 22 heavy (non-hydrogen) atoms. The van der Waals surface area contributed by atoms with E-state index in [4.69, 9.17) is 4.42 Å². The highest BCUT2D eigenvalue weighted by Gasteiger charge is 2.13. The van der Waals surface area contributed by atoms with Crippen LogP contribution in [0.3, 0.4) is 0 Å². The molecule has 1 aromatic heterocycles. The Bertz CT molecular complexity index is 817. The van der Waals surface area contributed by atoms with Crippen LogP contribution in [0.15, 0.2) is 71.7 Å². The van der Waals surface area contributed by atoms with E-state index in [1.165, 1.54) is 5.56 Å². The van der Waals surface area contributed by atoms with Gasteiger partial charge in [-0.15, -0.1) is 0 Å². The topological polar surface area (TPSA) is 13.1 Å². The molecule has 0 bridgehead atoms. The second kappa shape index (κ2) is 6.07. The van der Waals surface area contributed by atoms with E-state index in [-0.39, 0.29) is 0 Å². The van der Waals surface area contributed by atoms with Gasteiger partial charge in [0.1, 0.15) is 11.3 Å². The molecule has 0 aliphatic heterocycles. The third-order valence-corrected chi connectivity index (χ3v) is 3.87. The molecule has 3 aromatic rings. The van der Waals surface area contributed by atoms with Crippen molar-refractivity contribution in [3.8, 4) is 11.3 Å². The standard InChI is InChI=1S/C21H20O/c1-4-5-8-19-18-9-6-7-10-20(18)22-21(19)17-13-11-16(12-14-17)15(2)3/h4-15H,1H2,2-3H3/b8-5-. The molecule has 0 radical (unpaired) electrons. The normalized spacial score (nSPS) is 11.6. The van der Waals surface area contributed by atoms with Crippen LogP contribution < -0.4 is 0 Å². The molecule has 0 amide bonds. The number of para-hydroxylation sites is 1. The lowest BCUT2D eigenvalue weighted by Crippen LogP contribution is -1.86. The van der Waals surface area contributed by atoms with Crippen molar-refractivity contribution in [3.05, 3.63) is 78.4 Å². The van der Waals surface area contributed by atoms with Crippen LogP contribution in [0.5, 0.6) is 0 Å². The Hall–Kier alpha value is -2.54. The third-order valence-electron chi connectivity index (χ3n) is 3.87. The Balaban J connectivity index is 2.16. The molecular formula is C21H20O. The lowest BCUT2D eigenvalue weighted by molar-refractivity contribution is 0.631. The average molecular weight is 288 g/mol. The Morgan fingerprint density at radius 1 is 1.00 bits per heavy atom. The Morgan fingerprint density at radius 3 is 2.41 bits per heavy atom. The summed E-state index contributed by atoms with van der Waals surface area (Å²) in [5.74, 6) is 1.44. The molecule has 0 saturated carbocycles. The van der Waals surface area contributed by atoms with Crippen LogP contribution in [-0.4, -0.2) is 0 Å². The second-order valence-electron chi connectivity index (χ2n) is 5.71. The zero-order chi connectivity index (χ0) is 15.5. The first-order chi connectivity index (χ1) is 10.7. The monoisotopic (exact) mass is 288 g/mol. The fourth-order valence-electron chi connectivity index (χ4n) is 2.63. The maximum Gasteiger partial charge on any atom is 0.142 e.